The van der Waals surface area contributed by atoms with Gasteiger partial charge in [0.2, 0.25) is 0 Å². The Hall–Kier alpha value is -2.98. The van der Waals surface area contributed by atoms with Crippen LogP contribution in [0.3, 0.4) is 0 Å². The highest BCUT2D eigenvalue weighted by Crippen LogP contribution is 2.25. The van der Waals surface area contributed by atoms with Crippen molar-refractivity contribution in [1.82, 2.24) is 0 Å². The lowest BCUT2D eigenvalue weighted by Crippen LogP contribution is -2.12. The summed E-state index contributed by atoms with van der Waals surface area (Å²) in [5.74, 6) is 6.67. The van der Waals surface area contributed by atoms with Crippen LogP contribution < -0.4 is 5.32 Å². The normalized spacial score (nSPS) is 12.0. The van der Waals surface area contributed by atoms with Gasteiger partial charge in [-0.2, -0.15) is 0 Å². The molecule has 1 atom stereocenters. The molecule has 3 aromatic rings. The van der Waals surface area contributed by atoms with Gasteiger partial charge in [0.1, 0.15) is 6.04 Å². The quantitative estimate of drug-likeness (QED) is 0.561. The van der Waals surface area contributed by atoms with E-state index in [1.807, 2.05) is 36.4 Å². The highest BCUT2D eigenvalue weighted by atomic mass is 14.9. The predicted octanol–water partition coefficient (Wildman–Crippen LogP) is 6.19. The Bertz CT molecular complexity index is 876. The van der Waals surface area contributed by atoms with E-state index < -0.39 is 0 Å². The minimum Gasteiger partial charge on any atom is -0.368 e. The molecule has 0 spiro atoms. The first-order chi connectivity index (χ1) is 12.5. The Labute approximate surface area is 157 Å². The zero-order valence-electron chi connectivity index (χ0n) is 15.7. The van der Waals surface area contributed by atoms with Gasteiger partial charge in [0.25, 0.3) is 0 Å². The molecule has 0 saturated carbocycles. The molecule has 0 aromatic heterocycles. The maximum Gasteiger partial charge on any atom is 0.114 e. The summed E-state index contributed by atoms with van der Waals surface area (Å²) < 4.78 is 0. The van der Waals surface area contributed by atoms with Gasteiger partial charge in [0.05, 0.1) is 0 Å². The van der Waals surface area contributed by atoms with E-state index in [-0.39, 0.29) is 11.5 Å². The summed E-state index contributed by atoms with van der Waals surface area (Å²) in [5, 5.41) is 3.57. The van der Waals surface area contributed by atoms with Gasteiger partial charge in [0.15, 0.2) is 0 Å². The van der Waals surface area contributed by atoms with Crippen LogP contribution in [0.2, 0.25) is 0 Å². The van der Waals surface area contributed by atoms with Crippen LogP contribution in [0.15, 0.2) is 84.9 Å². The molecule has 1 nitrogen and oxygen atoms in total. The Balaban J connectivity index is 1.86. The fourth-order valence-electron chi connectivity index (χ4n) is 2.76. The standard InChI is InChI=1S/C25H25N/c1-25(2,3)22-15-17-23(18-16-22)26-24(21-12-8-5-9-13-21)19-14-20-10-6-4-7-11-20/h4-13,15-18,24,26H,1-3H3. The molecule has 3 rings (SSSR count). The van der Waals surface area contributed by atoms with Crippen molar-refractivity contribution in [3.8, 4) is 11.8 Å². The van der Waals surface area contributed by atoms with Crippen LogP contribution in [0.4, 0.5) is 5.69 Å². The number of benzene rings is 3. The average Bonchev–Trinajstić information content (AvgIpc) is 2.66. The van der Waals surface area contributed by atoms with Gasteiger partial charge in [0, 0.05) is 11.3 Å². The third-order valence-corrected chi connectivity index (χ3v) is 4.33. The first-order valence-corrected chi connectivity index (χ1v) is 9.01. The summed E-state index contributed by atoms with van der Waals surface area (Å²) in [6.07, 6.45) is 0. The van der Waals surface area contributed by atoms with Crippen LogP contribution in [-0.2, 0) is 5.41 Å². The zero-order chi connectivity index (χ0) is 18.4. The molecule has 0 bridgehead atoms. The second-order valence-electron chi connectivity index (χ2n) is 7.45. The molecule has 0 saturated heterocycles. The van der Waals surface area contributed by atoms with E-state index >= 15 is 0 Å². The second-order valence-corrected chi connectivity index (χ2v) is 7.45. The van der Waals surface area contributed by atoms with Gasteiger partial charge in [-0.15, -0.1) is 0 Å². The van der Waals surface area contributed by atoms with Gasteiger partial charge in [-0.25, -0.2) is 0 Å². The Morgan fingerprint density at radius 3 is 1.88 bits per heavy atom. The molecule has 3 aromatic carbocycles. The largest absolute Gasteiger partial charge is 0.368 e. The maximum atomic E-state index is 3.57. The monoisotopic (exact) mass is 339 g/mol. The smallest absolute Gasteiger partial charge is 0.114 e. The van der Waals surface area contributed by atoms with Crippen LogP contribution in [0.1, 0.15) is 43.5 Å². The summed E-state index contributed by atoms with van der Waals surface area (Å²) in [4.78, 5) is 0. The SMILES string of the molecule is CC(C)(C)c1ccc(NC(C#Cc2ccccc2)c2ccccc2)cc1. The van der Waals surface area contributed by atoms with Crippen LogP contribution >= 0.6 is 0 Å². The minimum atomic E-state index is -0.0584. The number of anilines is 1. The van der Waals surface area contributed by atoms with E-state index in [0.29, 0.717) is 0 Å². The van der Waals surface area contributed by atoms with E-state index in [4.69, 9.17) is 0 Å². The molecule has 0 fully saturated rings. The summed E-state index contributed by atoms with van der Waals surface area (Å²) in [6.45, 7) is 6.69. The lowest BCUT2D eigenvalue weighted by atomic mass is 9.87. The molecule has 0 aliphatic heterocycles. The molecular weight excluding hydrogens is 314 g/mol. The van der Waals surface area contributed by atoms with Crippen molar-refractivity contribution < 1.29 is 0 Å². The van der Waals surface area contributed by atoms with Crippen LogP contribution in [0.5, 0.6) is 0 Å². The molecule has 0 aliphatic rings. The Morgan fingerprint density at radius 2 is 1.31 bits per heavy atom. The summed E-state index contributed by atoms with van der Waals surface area (Å²) in [7, 11) is 0. The Kier molecular flexibility index (Phi) is 5.44. The van der Waals surface area contributed by atoms with E-state index in [1.165, 1.54) is 5.56 Å². The Morgan fingerprint density at radius 1 is 0.731 bits per heavy atom. The summed E-state index contributed by atoms with van der Waals surface area (Å²) in [5.41, 5.74) is 4.75. The van der Waals surface area contributed by atoms with Crippen LogP contribution in [0, 0.1) is 11.8 Å². The lowest BCUT2D eigenvalue weighted by Gasteiger charge is -2.20. The molecule has 0 heterocycles. The summed E-state index contributed by atoms with van der Waals surface area (Å²) >= 11 is 0. The maximum absolute atomic E-state index is 3.57. The van der Waals surface area contributed by atoms with Crippen LogP contribution in [-0.4, -0.2) is 0 Å². The number of hydrogen-bond acceptors (Lipinski definition) is 1. The number of nitrogens with one attached hydrogen (secondary N) is 1. The first kappa shape index (κ1) is 17.8. The second kappa shape index (κ2) is 7.93. The number of hydrogen-bond donors (Lipinski definition) is 1. The molecule has 1 unspecified atom stereocenters. The topological polar surface area (TPSA) is 12.0 Å². The first-order valence-electron chi connectivity index (χ1n) is 9.01. The van der Waals surface area contributed by atoms with Crippen molar-refractivity contribution in [2.24, 2.45) is 0 Å². The molecule has 26 heavy (non-hydrogen) atoms. The third kappa shape index (κ3) is 4.77. The molecule has 0 radical (unpaired) electrons. The minimum absolute atomic E-state index is 0.0584. The van der Waals surface area contributed by atoms with Gasteiger partial charge < -0.3 is 5.32 Å². The van der Waals surface area contributed by atoms with Crippen molar-refractivity contribution in [2.75, 3.05) is 5.32 Å². The van der Waals surface area contributed by atoms with Crippen LogP contribution in [0.25, 0.3) is 0 Å². The van der Waals surface area contributed by atoms with E-state index in [0.717, 1.165) is 16.8 Å². The van der Waals surface area contributed by atoms with Crippen molar-refractivity contribution in [2.45, 2.75) is 32.2 Å². The fourth-order valence-corrected chi connectivity index (χ4v) is 2.76. The van der Waals surface area contributed by atoms with E-state index in [1.54, 1.807) is 0 Å². The molecule has 1 heteroatoms. The fraction of sp³-hybridized carbons (Fsp3) is 0.200. The summed E-state index contributed by atoms with van der Waals surface area (Å²) in [6, 6.07) is 29.1. The predicted molar refractivity (Wildman–Crippen MR) is 111 cm³/mol. The number of rotatable bonds is 3. The van der Waals surface area contributed by atoms with Crippen molar-refractivity contribution in [1.29, 1.82) is 0 Å². The highest BCUT2D eigenvalue weighted by molar-refractivity contribution is 5.51. The van der Waals surface area contributed by atoms with Gasteiger partial charge >= 0.3 is 0 Å². The van der Waals surface area contributed by atoms with Crippen molar-refractivity contribution >= 4 is 5.69 Å². The average molecular weight is 339 g/mol. The zero-order valence-corrected chi connectivity index (χ0v) is 15.7. The lowest BCUT2D eigenvalue weighted by molar-refractivity contribution is 0.590. The highest BCUT2D eigenvalue weighted by Gasteiger charge is 2.13. The van der Waals surface area contributed by atoms with Crippen molar-refractivity contribution in [3.05, 3.63) is 102 Å². The molecule has 0 aliphatic carbocycles. The van der Waals surface area contributed by atoms with E-state index in [2.05, 4.69) is 86.5 Å². The van der Waals surface area contributed by atoms with E-state index in [9.17, 15) is 0 Å². The molecular formula is C25H25N. The van der Waals surface area contributed by atoms with Gasteiger partial charge in [-0.05, 0) is 40.8 Å². The van der Waals surface area contributed by atoms with Crippen molar-refractivity contribution in [3.63, 3.8) is 0 Å². The van der Waals surface area contributed by atoms with Gasteiger partial charge in [-0.3, -0.25) is 0 Å². The molecule has 0 amide bonds. The molecule has 1 N–H and O–H groups in total. The third-order valence-electron chi connectivity index (χ3n) is 4.33. The molecule has 130 valence electrons. The van der Waals surface area contributed by atoms with Gasteiger partial charge in [-0.1, -0.05) is 93.3 Å².